The van der Waals surface area contributed by atoms with Crippen LogP contribution in [-0.4, -0.2) is 22.4 Å². The maximum atomic E-state index is 12.6. The number of rotatable bonds is 8. The lowest BCUT2D eigenvalue weighted by molar-refractivity contribution is -0.117. The van der Waals surface area contributed by atoms with Crippen molar-refractivity contribution >= 4 is 34.8 Å². The van der Waals surface area contributed by atoms with Gasteiger partial charge in [0.25, 0.3) is 5.22 Å². The molecule has 2 N–H and O–H groups in total. The number of oxazole rings is 1. The number of nitrogens with zero attached hydrogens (tertiary/aromatic N) is 1. The predicted octanol–water partition coefficient (Wildman–Crippen LogP) is 5.07. The second kappa shape index (κ2) is 9.11. The van der Waals surface area contributed by atoms with Crippen LogP contribution < -0.4 is 5.73 Å². The topological polar surface area (TPSA) is 86.2 Å². The zero-order valence-corrected chi connectivity index (χ0v) is 17.5. The Hall–Kier alpha value is -3.16. The van der Waals surface area contributed by atoms with E-state index in [0.29, 0.717) is 15.9 Å². The summed E-state index contributed by atoms with van der Waals surface area (Å²) >= 11 is 2.55. The van der Waals surface area contributed by atoms with E-state index in [1.807, 2.05) is 60.7 Å². The minimum absolute atomic E-state index is 0.0403. The number of ketones is 1. The van der Waals surface area contributed by atoms with Crippen molar-refractivity contribution in [3.05, 3.63) is 82.6 Å². The number of amides is 1. The summed E-state index contributed by atoms with van der Waals surface area (Å²) in [4.78, 5) is 29.6. The number of nitrogens with two attached hydrogens (primary N) is 1. The third kappa shape index (κ3) is 4.69. The normalized spacial score (nSPS) is 10.8. The number of aromatic nitrogens is 1. The van der Waals surface area contributed by atoms with Gasteiger partial charge in [-0.25, -0.2) is 4.98 Å². The van der Waals surface area contributed by atoms with Crippen molar-refractivity contribution < 1.29 is 14.0 Å². The molecular formula is C23H18N2O3S2. The molecule has 4 aromatic rings. The number of thiophene rings is 1. The fraction of sp³-hybridized carbons (Fsp3) is 0.0870. The van der Waals surface area contributed by atoms with Crippen LogP contribution >= 0.6 is 23.1 Å². The first kappa shape index (κ1) is 20.1. The van der Waals surface area contributed by atoms with Crippen molar-refractivity contribution in [2.45, 2.75) is 11.6 Å². The lowest BCUT2D eigenvalue weighted by Crippen LogP contribution is -2.12. The number of carbonyl (C=O) groups excluding carboxylic acids is 2. The first-order valence-electron chi connectivity index (χ1n) is 9.25. The number of carbonyl (C=O) groups is 2. The quantitative estimate of drug-likeness (QED) is 0.309. The lowest BCUT2D eigenvalue weighted by atomic mass is 10.1. The zero-order chi connectivity index (χ0) is 20.9. The van der Waals surface area contributed by atoms with Crippen molar-refractivity contribution in [3.8, 4) is 22.6 Å². The van der Waals surface area contributed by atoms with E-state index >= 15 is 0 Å². The second-order valence-electron chi connectivity index (χ2n) is 6.51. The number of Topliss-reactive ketones (excluding diaryl/α,β-unsaturated/α-hetero) is 1. The van der Waals surface area contributed by atoms with E-state index in [1.165, 1.54) is 23.1 Å². The predicted molar refractivity (Wildman–Crippen MR) is 120 cm³/mol. The molecule has 4 rings (SSSR count). The molecule has 0 aliphatic carbocycles. The minimum Gasteiger partial charge on any atom is -0.431 e. The summed E-state index contributed by atoms with van der Waals surface area (Å²) in [5.41, 5.74) is 7.84. The first-order valence-corrected chi connectivity index (χ1v) is 11.0. The van der Waals surface area contributed by atoms with Gasteiger partial charge in [0.05, 0.1) is 17.1 Å². The molecule has 2 heterocycles. The van der Waals surface area contributed by atoms with Crippen LogP contribution in [0.3, 0.4) is 0 Å². The molecular weight excluding hydrogens is 416 g/mol. The molecule has 0 spiro atoms. The molecule has 2 aromatic heterocycles. The summed E-state index contributed by atoms with van der Waals surface area (Å²) in [5, 5.41) is 0.440. The van der Waals surface area contributed by atoms with Crippen LogP contribution in [0.15, 0.2) is 82.4 Å². The van der Waals surface area contributed by atoms with Crippen molar-refractivity contribution in [1.29, 1.82) is 0 Å². The second-order valence-corrected chi connectivity index (χ2v) is 8.61. The molecule has 5 nitrogen and oxygen atoms in total. The van der Waals surface area contributed by atoms with Crippen molar-refractivity contribution in [3.63, 3.8) is 0 Å². The van der Waals surface area contributed by atoms with Gasteiger partial charge in [-0.2, -0.15) is 0 Å². The van der Waals surface area contributed by atoms with Gasteiger partial charge in [0.2, 0.25) is 5.91 Å². The maximum absolute atomic E-state index is 12.6. The highest BCUT2D eigenvalue weighted by molar-refractivity contribution is 7.99. The fourth-order valence-electron chi connectivity index (χ4n) is 2.93. The van der Waals surface area contributed by atoms with E-state index in [-0.39, 0.29) is 18.0 Å². The third-order valence-electron chi connectivity index (χ3n) is 4.30. The van der Waals surface area contributed by atoms with Crippen LogP contribution in [0, 0.1) is 0 Å². The van der Waals surface area contributed by atoms with E-state index in [0.717, 1.165) is 21.7 Å². The van der Waals surface area contributed by atoms with Crippen LogP contribution in [0.5, 0.6) is 0 Å². The Bertz CT molecular complexity index is 1110. The number of hydrogen-bond donors (Lipinski definition) is 1. The van der Waals surface area contributed by atoms with Crippen LogP contribution in [0.1, 0.15) is 14.5 Å². The summed E-state index contributed by atoms with van der Waals surface area (Å²) in [5.74, 6) is 0.421. The van der Waals surface area contributed by atoms with Crippen LogP contribution in [-0.2, 0) is 11.2 Å². The minimum atomic E-state index is -0.410. The van der Waals surface area contributed by atoms with Gasteiger partial charge in [-0.1, -0.05) is 72.4 Å². The first-order chi connectivity index (χ1) is 14.6. The number of hydrogen-bond acceptors (Lipinski definition) is 6. The summed E-state index contributed by atoms with van der Waals surface area (Å²) in [7, 11) is 0. The summed E-state index contributed by atoms with van der Waals surface area (Å²) in [6, 6.07) is 23.1. The van der Waals surface area contributed by atoms with Gasteiger partial charge in [0.1, 0.15) is 5.69 Å². The molecule has 0 saturated carbocycles. The molecule has 2 aromatic carbocycles. The Balaban J connectivity index is 1.55. The zero-order valence-electron chi connectivity index (χ0n) is 15.9. The van der Waals surface area contributed by atoms with Gasteiger partial charge in [0, 0.05) is 16.0 Å². The molecule has 0 radical (unpaired) electrons. The molecule has 0 unspecified atom stereocenters. The molecule has 30 heavy (non-hydrogen) atoms. The van der Waals surface area contributed by atoms with Gasteiger partial charge in [-0.15, -0.1) is 11.3 Å². The Morgan fingerprint density at radius 3 is 2.27 bits per heavy atom. The standard InChI is InChI=1S/C23H18N2O3S2/c24-20(27)13-17-11-12-19(30-17)18(26)14-29-23-25-21(15-7-3-1-4-8-15)22(28-23)16-9-5-2-6-10-16/h1-12H,13-14H2,(H2,24,27). The van der Waals surface area contributed by atoms with Crippen LogP contribution in [0.25, 0.3) is 22.6 Å². The molecule has 1 amide bonds. The SMILES string of the molecule is NC(=O)Cc1ccc(C(=O)CSc2nc(-c3ccccc3)c(-c3ccccc3)o2)s1. The maximum Gasteiger partial charge on any atom is 0.257 e. The van der Waals surface area contributed by atoms with Crippen molar-refractivity contribution in [2.24, 2.45) is 5.73 Å². The molecule has 0 aliphatic rings. The Kier molecular flexibility index (Phi) is 6.11. The van der Waals surface area contributed by atoms with E-state index in [1.54, 1.807) is 12.1 Å². The Labute approximate surface area is 182 Å². The largest absolute Gasteiger partial charge is 0.431 e. The van der Waals surface area contributed by atoms with Gasteiger partial charge < -0.3 is 10.2 Å². The highest BCUT2D eigenvalue weighted by atomic mass is 32.2. The third-order valence-corrected chi connectivity index (χ3v) is 6.26. The molecule has 0 bridgehead atoms. The van der Waals surface area contributed by atoms with E-state index in [4.69, 9.17) is 10.2 Å². The fourth-order valence-corrected chi connectivity index (χ4v) is 4.69. The lowest BCUT2D eigenvalue weighted by Gasteiger charge is -2.00. The molecule has 0 fully saturated rings. The van der Waals surface area contributed by atoms with Crippen molar-refractivity contribution in [1.82, 2.24) is 4.98 Å². The van der Waals surface area contributed by atoms with E-state index in [2.05, 4.69) is 4.98 Å². The van der Waals surface area contributed by atoms with E-state index < -0.39 is 5.91 Å². The summed E-state index contributed by atoms with van der Waals surface area (Å²) in [6.45, 7) is 0. The summed E-state index contributed by atoms with van der Waals surface area (Å²) in [6.07, 6.45) is 0.145. The van der Waals surface area contributed by atoms with Gasteiger partial charge in [0.15, 0.2) is 11.5 Å². The number of primary amides is 1. The molecule has 0 atom stereocenters. The number of benzene rings is 2. The van der Waals surface area contributed by atoms with Gasteiger partial charge in [-0.3, -0.25) is 9.59 Å². The van der Waals surface area contributed by atoms with Crippen LogP contribution in [0.4, 0.5) is 0 Å². The van der Waals surface area contributed by atoms with Crippen LogP contribution in [0.2, 0.25) is 0 Å². The average Bonchev–Trinajstić information content (AvgIpc) is 3.40. The molecule has 0 saturated heterocycles. The highest BCUT2D eigenvalue weighted by Crippen LogP contribution is 2.35. The smallest absolute Gasteiger partial charge is 0.257 e. The molecule has 0 aliphatic heterocycles. The average molecular weight is 435 g/mol. The Morgan fingerprint density at radius 2 is 1.60 bits per heavy atom. The van der Waals surface area contributed by atoms with Crippen molar-refractivity contribution in [2.75, 3.05) is 5.75 Å². The summed E-state index contributed by atoms with van der Waals surface area (Å²) < 4.78 is 6.04. The highest BCUT2D eigenvalue weighted by Gasteiger charge is 2.19. The molecule has 7 heteroatoms. The number of thioether (sulfide) groups is 1. The van der Waals surface area contributed by atoms with E-state index in [9.17, 15) is 9.59 Å². The van der Waals surface area contributed by atoms with Gasteiger partial charge >= 0.3 is 0 Å². The molecule has 150 valence electrons. The Morgan fingerprint density at radius 1 is 0.933 bits per heavy atom. The van der Waals surface area contributed by atoms with Gasteiger partial charge in [-0.05, 0) is 12.1 Å². The monoisotopic (exact) mass is 434 g/mol.